The van der Waals surface area contributed by atoms with Gasteiger partial charge in [0.05, 0.1) is 11.9 Å². The third-order valence-corrected chi connectivity index (χ3v) is 7.73. The maximum atomic E-state index is 14.0. The van der Waals surface area contributed by atoms with Crippen molar-refractivity contribution in [3.05, 3.63) is 101 Å². The number of hydrogen-bond acceptors (Lipinski definition) is 4. The van der Waals surface area contributed by atoms with Crippen molar-refractivity contribution in [1.82, 2.24) is 10.2 Å². The highest BCUT2D eigenvalue weighted by atomic mass is 32.2. The van der Waals surface area contributed by atoms with E-state index >= 15 is 0 Å². The molecule has 2 amide bonds. The van der Waals surface area contributed by atoms with E-state index in [9.17, 15) is 18.0 Å². The van der Waals surface area contributed by atoms with E-state index in [-0.39, 0.29) is 18.4 Å². The molecular weight excluding hydrogens is 510 g/mol. The second-order valence-corrected chi connectivity index (χ2v) is 12.0. The lowest BCUT2D eigenvalue weighted by Gasteiger charge is -2.33. The number of likely N-dealkylation sites (N-methyl/N-ethyl adjacent to an activating group) is 1. The lowest BCUT2D eigenvalue weighted by atomic mass is 10.0. The Balaban J connectivity index is 2.03. The Bertz CT molecular complexity index is 1360. The van der Waals surface area contributed by atoms with Crippen LogP contribution in [0.3, 0.4) is 0 Å². The van der Waals surface area contributed by atoms with Crippen molar-refractivity contribution >= 4 is 27.5 Å². The molecule has 1 atom stereocenters. The summed E-state index contributed by atoms with van der Waals surface area (Å²) in [7, 11) is -3.79. The number of nitrogens with zero attached hydrogens (tertiary/aromatic N) is 2. The second kappa shape index (κ2) is 13.4. The van der Waals surface area contributed by atoms with Gasteiger partial charge < -0.3 is 10.2 Å². The van der Waals surface area contributed by atoms with Gasteiger partial charge in [0.15, 0.2) is 0 Å². The number of carbonyl (C=O) groups is 2. The van der Waals surface area contributed by atoms with Crippen LogP contribution >= 0.6 is 0 Å². The van der Waals surface area contributed by atoms with Crippen LogP contribution in [0.1, 0.15) is 48.9 Å². The highest BCUT2D eigenvalue weighted by molar-refractivity contribution is 7.92. The minimum absolute atomic E-state index is 0.166. The Hall–Kier alpha value is -3.65. The summed E-state index contributed by atoms with van der Waals surface area (Å²) in [6.07, 6.45) is 1.39. The molecule has 0 aromatic heterocycles. The monoisotopic (exact) mass is 549 g/mol. The van der Waals surface area contributed by atoms with Gasteiger partial charge in [0, 0.05) is 19.5 Å². The summed E-state index contributed by atoms with van der Waals surface area (Å²) in [5.74, 6) is -0.454. The van der Waals surface area contributed by atoms with E-state index in [0.29, 0.717) is 18.7 Å². The summed E-state index contributed by atoms with van der Waals surface area (Å²) in [6, 6.07) is 23.6. The van der Waals surface area contributed by atoms with Gasteiger partial charge in [-0.2, -0.15) is 0 Å². The van der Waals surface area contributed by atoms with Gasteiger partial charge in [0.1, 0.15) is 12.6 Å². The van der Waals surface area contributed by atoms with Crippen LogP contribution in [0.2, 0.25) is 0 Å². The van der Waals surface area contributed by atoms with Gasteiger partial charge in [-0.05, 0) is 48.6 Å². The first-order chi connectivity index (χ1) is 18.5. The van der Waals surface area contributed by atoms with Crippen LogP contribution in [0.4, 0.5) is 5.69 Å². The molecule has 0 aliphatic rings. The average Bonchev–Trinajstić information content (AvgIpc) is 2.89. The fraction of sp³-hybridized carbons (Fsp3) is 0.355. The molecule has 208 valence electrons. The van der Waals surface area contributed by atoms with Crippen molar-refractivity contribution < 1.29 is 18.0 Å². The van der Waals surface area contributed by atoms with E-state index in [0.717, 1.165) is 32.8 Å². The molecule has 0 heterocycles. The summed E-state index contributed by atoms with van der Waals surface area (Å²) in [5.41, 5.74) is 4.26. The number of nitrogens with one attached hydrogen (secondary N) is 1. The Morgan fingerprint density at radius 2 is 1.54 bits per heavy atom. The number of rotatable bonds is 12. The van der Waals surface area contributed by atoms with Crippen LogP contribution < -0.4 is 9.62 Å². The molecule has 8 heteroatoms. The zero-order valence-corrected chi connectivity index (χ0v) is 24.2. The first-order valence-corrected chi connectivity index (χ1v) is 15.1. The molecule has 3 rings (SSSR count). The van der Waals surface area contributed by atoms with E-state index in [1.165, 1.54) is 4.90 Å². The minimum atomic E-state index is -3.79. The Kier molecular flexibility index (Phi) is 10.3. The number of amides is 2. The summed E-state index contributed by atoms with van der Waals surface area (Å²) < 4.78 is 26.9. The van der Waals surface area contributed by atoms with Crippen molar-refractivity contribution in [3.63, 3.8) is 0 Å². The standard InChI is InChI=1S/C31H39N3O4S/c1-6-32-31(36)29(20-25-12-8-7-9-13-25)33(21-26-14-10-11-24(4)19-26)30(35)22-34(39(5,37)38)28-17-15-27(16-18-28)23(2)3/h7-19,23,29H,6,20-22H2,1-5H3,(H,32,36)/t29-/m0/s1. The molecule has 3 aromatic rings. The lowest BCUT2D eigenvalue weighted by molar-refractivity contribution is -0.140. The molecule has 0 spiro atoms. The normalized spacial score (nSPS) is 12.2. The molecule has 7 nitrogen and oxygen atoms in total. The topological polar surface area (TPSA) is 86.8 Å². The molecule has 0 saturated heterocycles. The fourth-order valence-corrected chi connectivity index (χ4v) is 5.34. The zero-order chi connectivity index (χ0) is 28.6. The zero-order valence-electron chi connectivity index (χ0n) is 23.4. The first-order valence-electron chi connectivity index (χ1n) is 13.2. The van der Waals surface area contributed by atoms with Gasteiger partial charge in [-0.3, -0.25) is 13.9 Å². The van der Waals surface area contributed by atoms with Gasteiger partial charge in [-0.15, -0.1) is 0 Å². The number of aryl methyl sites for hydroxylation is 1. The predicted molar refractivity (Wildman–Crippen MR) is 157 cm³/mol. The van der Waals surface area contributed by atoms with Crippen molar-refractivity contribution in [2.45, 2.75) is 52.6 Å². The molecule has 3 aromatic carbocycles. The van der Waals surface area contributed by atoms with Crippen molar-refractivity contribution in [2.24, 2.45) is 0 Å². The van der Waals surface area contributed by atoms with Crippen LogP contribution in [-0.2, 0) is 32.6 Å². The van der Waals surface area contributed by atoms with Crippen molar-refractivity contribution in [1.29, 1.82) is 0 Å². The average molecular weight is 550 g/mol. The van der Waals surface area contributed by atoms with E-state index in [1.807, 2.05) is 80.6 Å². The highest BCUT2D eigenvalue weighted by Crippen LogP contribution is 2.23. The third-order valence-electron chi connectivity index (χ3n) is 6.58. The number of benzene rings is 3. The van der Waals surface area contributed by atoms with E-state index in [2.05, 4.69) is 19.2 Å². The number of sulfonamides is 1. The number of carbonyl (C=O) groups excluding carboxylic acids is 2. The van der Waals surface area contributed by atoms with E-state index < -0.39 is 28.5 Å². The summed E-state index contributed by atoms with van der Waals surface area (Å²) >= 11 is 0. The Morgan fingerprint density at radius 1 is 0.897 bits per heavy atom. The van der Waals surface area contributed by atoms with E-state index in [4.69, 9.17) is 0 Å². The molecule has 0 fully saturated rings. The van der Waals surface area contributed by atoms with E-state index in [1.54, 1.807) is 12.1 Å². The lowest BCUT2D eigenvalue weighted by Crippen LogP contribution is -2.53. The summed E-state index contributed by atoms with van der Waals surface area (Å²) in [6.45, 7) is 8.07. The Labute approximate surface area is 232 Å². The number of hydrogen-bond donors (Lipinski definition) is 1. The van der Waals surface area contributed by atoms with Crippen LogP contribution in [-0.4, -0.2) is 50.5 Å². The first kappa shape index (κ1) is 29.9. The second-order valence-electron chi connectivity index (χ2n) is 10.1. The van der Waals surface area contributed by atoms with Crippen LogP contribution in [0.25, 0.3) is 0 Å². The Morgan fingerprint density at radius 3 is 2.10 bits per heavy atom. The largest absolute Gasteiger partial charge is 0.355 e. The maximum Gasteiger partial charge on any atom is 0.244 e. The van der Waals surface area contributed by atoms with Gasteiger partial charge >= 0.3 is 0 Å². The summed E-state index contributed by atoms with van der Waals surface area (Å²) in [4.78, 5) is 28.9. The smallest absolute Gasteiger partial charge is 0.244 e. The van der Waals surface area contributed by atoms with Crippen molar-refractivity contribution in [3.8, 4) is 0 Å². The molecular formula is C31H39N3O4S. The third kappa shape index (κ3) is 8.42. The van der Waals surface area contributed by atoms with Crippen molar-refractivity contribution in [2.75, 3.05) is 23.7 Å². The van der Waals surface area contributed by atoms with Crippen LogP contribution in [0, 0.1) is 6.92 Å². The molecule has 0 aliphatic carbocycles. The van der Waals surface area contributed by atoms with Crippen LogP contribution in [0.5, 0.6) is 0 Å². The molecule has 0 unspecified atom stereocenters. The predicted octanol–water partition coefficient (Wildman–Crippen LogP) is 4.66. The number of anilines is 1. The molecule has 39 heavy (non-hydrogen) atoms. The maximum absolute atomic E-state index is 14.0. The minimum Gasteiger partial charge on any atom is -0.355 e. The fourth-order valence-electron chi connectivity index (χ4n) is 4.49. The SMILES string of the molecule is CCNC(=O)[C@H](Cc1ccccc1)N(Cc1cccc(C)c1)C(=O)CN(c1ccc(C(C)C)cc1)S(C)(=O)=O. The molecule has 1 N–H and O–H groups in total. The molecule has 0 aliphatic heterocycles. The molecule has 0 saturated carbocycles. The van der Waals surface area contributed by atoms with Gasteiger partial charge in [0.25, 0.3) is 0 Å². The quantitative estimate of drug-likeness (QED) is 0.356. The van der Waals surface area contributed by atoms with Gasteiger partial charge in [0.2, 0.25) is 21.8 Å². The highest BCUT2D eigenvalue weighted by Gasteiger charge is 2.32. The molecule has 0 bridgehead atoms. The molecule has 0 radical (unpaired) electrons. The van der Waals surface area contributed by atoms with Crippen LogP contribution in [0.15, 0.2) is 78.9 Å². The summed E-state index contributed by atoms with van der Waals surface area (Å²) in [5, 5.41) is 2.87. The van der Waals surface area contributed by atoms with Gasteiger partial charge in [-0.1, -0.05) is 86.1 Å². The van der Waals surface area contributed by atoms with Gasteiger partial charge in [-0.25, -0.2) is 8.42 Å².